The fraction of sp³-hybridized carbons (Fsp3) is 0.583. The van der Waals surface area contributed by atoms with E-state index in [0.717, 1.165) is 12.8 Å². The quantitative estimate of drug-likeness (QED) is 0.706. The summed E-state index contributed by atoms with van der Waals surface area (Å²) < 4.78 is 15.3. The van der Waals surface area contributed by atoms with Crippen LogP contribution in [-0.2, 0) is 4.74 Å². The van der Waals surface area contributed by atoms with Gasteiger partial charge in [-0.25, -0.2) is 4.98 Å². The van der Waals surface area contributed by atoms with E-state index in [2.05, 4.69) is 9.97 Å². The summed E-state index contributed by atoms with van der Waals surface area (Å²) in [6.45, 7) is 0. The van der Waals surface area contributed by atoms with Crippen molar-refractivity contribution in [3.05, 3.63) is 11.9 Å². The first-order valence-electron chi connectivity index (χ1n) is 5.73. The van der Waals surface area contributed by atoms with E-state index >= 15 is 0 Å². The van der Waals surface area contributed by atoms with Crippen LogP contribution in [0.4, 0.5) is 0 Å². The second-order valence-electron chi connectivity index (χ2n) is 4.13. The average molecular weight is 252 g/mol. The lowest BCUT2D eigenvalue weighted by Crippen LogP contribution is -2.27. The number of ketones is 1. The fourth-order valence-electron chi connectivity index (χ4n) is 1.81. The average Bonchev–Trinajstić information content (AvgIpc) is 3.23. The first-order valence-corrected chi connectivity index (χ1v) is 5.73. The molecule has 0 aromatic carbocycles. The van der Waals surface area contributed by atoms with Crippen LogP contribution in [0.2, 0.25) is 0 Å². The lowest BCUT2D eigenvalue weighted by molar-refractivity contribution is 0.0530. The van der Waals surface area contributed by atoms with Crippen LogP contribution >= 0.6 is 0 Å². The van der Waals surface area contributed by atoms with Gasteiger partial charge in [-0.2, -0.15) is 4.98 Å². The number of hydrogen-bond acceptors (Lipinski definition) is 6. The summed E-state index contributed by atoms with van der Waals surface area (Å²) >= 11 is 0. The maximum atomic E-state index is 12.3. The number of carbonyl (C=O) groups is 1. The molecular weight excluding hydrogens is 236 g/mol. The third kappa shape index (κ3) is 2.43. The Labute approximate surface area is 105 Å². The molecule has 1 aliphatic rings. The zero-order valence-corrected chi connectivity index (χ0v) is 10.7. The number of carbonyl (C=O) groups excluding carboxylic acids is 1. The van der Waals surface area contributed by atoms with Gasteiger partial charge < -0.3 is 14.2 Å². The molecule has 0 N–H and O–H groups in total. The van der Waals surface area contributed by atoms with E-state index in [4.69, 9.17) is 14.2 Å². The summed E-state index contributed by atoms with van der Waals surface area (Å²) in [4.78, 5) is 20.4. The Morgan fingerprint density at radius 2 is 2.06 bits per heavy atom. The van der Waals surface area contributed by atoms with Crippen molar-refractivity contribution in [2.75, 3.05) is 21.3 Å². The summed E-state index contributed by atoms with van der Waals surface area (Å²) in [5.74, 6) is 0.578. The molecule has 0 spiro atoms. The number of rotatable bonds is 6. The molecule has 2 rings (SSSR count). The van der Waals surface area contributed by atoms with Crippen molar-refractivity contribution >= 4 is 5.78 Å². The summed E-state index contributed by atoms with van der Waals surface area (Å²) in [6.07, 6.45) is 2.96. The topological polar surface area (TPSA) is 70.5 Å². The van der Waals surface area contributed by atoms with E-state index in [1.54, 1.807) is 0 Å². The molecular formula is C12H16N2O4. The van der Waals surface area contributed by atoms with E-state index in [-0.39, 0.29) is 23.3 Å². The van der Waals surface area contributed by atoms with Crippen molar-refractivity contribution < 1.29 is 19.0 Å². The predicted octanol–water partition coefficient (Wildman–Crippen LogP) is 1.10. The normalized spacial score (nSPS) is 16.2. The van der Waals surface area contributed by atoms with Crippen LogP contribution in [0.25, 0.3) is 0 Å². The Morgan fingerprint density at radius 1 is 1.33 bits per heavy atom. The third-order valence-electron chi connectivity index (χ3n) is 2.92. The Balaban J connectivity index is 2.28. The van der Waals surface area contributed by atoms with E-state index in [1.165, 1.54) is 27.5 Å². The number of Topliss-reactive ketones (excluding diaryl/α,β-unsaturated/α-hetero) is 1. The molecule has 0 amide bonds. The number of ether oxygens (including phenoxy) is 3. The van der Waals surface area contributed by atoms with E-state index in [0.29, 0.717) is 5.88 Å². The van der Waals surface area contributed by atoms with E-state index in [9.17, 15) is 4.79 Å². The lowest BCUT2D eigenvalue weighted by atomic mass is 10.1. The van der Waals surface area contributed by atoms with Gasteiger partial charge in [0, 0.05) is 7.11 Å². The molecule has 1 unspecified atom stereocenters. The van der Waals surface area contributed by atoms with Gasteiger partial charge in [0.25, 0.3) is 0 Å². The van der Waals surface area contributed by atoms with Crippen LogP contribution in [-0.4, -0.2) is 43.2 Å². The van der Waals surface area contributed by atoms with Crippen molar-refractivity contribution in [1.29, 1.82) is 0 Å². The first kappa shape index (κ1) is 12.8. The Morgan fingerprint density at radius 3 is 2.56 bits per heavy atom. The first-order chi connectivity index (χ1) is 8.71. The highest BCUT2D eigenvalue weighted by Crippen LogP contribution is 2.36. The van der Waals surface area contributed by atoms with Crippen LogP contribution in [0.1, 0.15) is 23.3 Å². The molecule has 1 saturated carbocycles. The molecule has 1 heterocycles. The molecule has 1 aromatic heterocycles. The van der Waals surface area contributed by atoms with Crippen LogP contribution in [0, 0.1) is 5.92 Å². The fourth-order valence-corrected chi connectivity index (χ4v) is 1.81. The van der Waals surface area contributed by atoms with Gasteiger partial charge in [0.2, 0.25) is 17.5 Å². The highest BCUT2D eigenvalue weighted by Gasteiger charge is 2.38. The van der Waals surface area contributed by atoms with Crippen LogP contribution in [0.5, 0.6) is 11.8 Å². The standard InChI is InChI=1S/C12H16N2O4/c1-16-8-6-13-9(12(14-8)18-3)10(15)11(17-2)7-4-5-7/h6-7,11H,4-5H2,1-3H3. The van der Waals surface area contributed by atoms with Gasteiger partial charge in [0.15, 0.2) is 5.69 Å². The molecule has 98 valence electrons. The number of nitrogens with zero attached hydrogens (tertiary/aromatic N) is 2. The zero-order chi connectivity index (χ0) is 13.1. The van der Waals surface area contributed by atoms with Gasteiger partial charge in [-0.1, -0.05) is 0 Å². The third-order valence-corrected chi connectivity index (χ3v) is 2.92. The minimum absolute atomic E-state index is 0.169. The summed E-state index contributed by atoms with van der Waals surface area (Å²) in [6, 6.07) is 0. The molecule has 18 heavy (non-hydrogen) atoms. The van der Waals surface area contributed by atoms with E-state index < -0.39 is 6.10 Å². The Bertz CT molecular complexity index is 446. The number of aromatic nitrogens is 2. The molecule has 6 nitrogen and oxygen atoms in total. The van der Waals surface area contributed by atoms with Crippen molar-refractivity contribution in [1.82, 2.24) is 9.97 Å². The molecule has 1 fully saturated rings. The molecule has 1 aliphatic carbocycles. The van der Waals surface area contributed by atoms with E-state index in [1.807, 2.05) is 0 Å². The van der Waals surface area contributed by atoms with Crippen molar-refractivity contribution in [3.8, 4) is 11.8 Å². The molecule has 1 atom stereocenters. The summed E-state index contributed by atoms with van der Waals surface area (Å²) in [5, 5.41) is 0. The van der Waals surface area contributed by atoms with Crippen LogP contribution < -0.4 is 9.47 Å². The van der Waals surface area contributed by atoms with Gasteiger partial charge in [-0.15, -0.1) is 0 Å². The van der Waals surface area contributed by atoms with Crippen molar-refractivity contribution in [3.63, 3.8) is 0 Å². The zero-order valence-electron chi connectivity index (χ0n) is 10.7. The Hall–Kier alpha value is -1.69. The monoisotopic (exact) mass is 252 g/mol. The maximum absolute atomic E-state index is 12.3. The maximum Gasteiger partial charge on any atom is 0.246 e. The highest BCUT2D eigenvalue weighted by molar-refractivity contribution is 6.00. The van der Waals surface area contributed by atoms with Gasteiger partial charge in [0.1, 0.15) is 6.10 Å². The van der Waals surface area contributed by atoms with Gasteiger partial charge in [-0.3, -0.25) is 4.79 Å². The largest absolute Gasteiger partial charge is 0.480 e. The van der Waals surface area contributed by atoms with Crippen molar-refractivity contribution in [2.24, 2.45) is 5.92 Å². The highest BCUT2D eigenvalue weighted by atomic mass is 16.5. The smallest absolute Gasteiger partial charge is 0.246 e. The summed E-state index contributed by atoms with van der Waals surface area (Å²) in [7, 11) is 4.45. The molecule has 0 radical (unpaired) electrons. The minimum atomic E-state index is -0.457. The van der Waals surface area contributed by atoms with Crippen LogP contribution in [0.3, 0.4) is 0 Å². The molecule has 0 saturated heterocycles. The SMILES string of the molecule is COc1cnc(C(=O)C(OC)C2CC2)c(OC)n1. The second kappa shape index (κ2) is 5.30. The molecule has 0 aliphatic heterocycles. The molecule has 0 bridgehead atoms. The number of methoxy groups -OCH3 is 3. The van der Waals surface area contributed by atoms with Gasteiger partial charge >= 0.3 is 0 Å². The van der Waals surface area contributed by atoms with Gasteiger partial charge in [-0.05, 0) is 18.8 Å². The lowest BCUT2D eigenvalue weighted by Gasteiger charge is -2.14. The minimum Gasteiger partial charge on any atom is -0.480 e. The Kier molecular flexibility index (Phi) is 3.76. The number of hydrogen-bond donors (Lipinski definition) is 0. The summed E-state index contributed by atoms with van der Waals surface area (Å²) in [5.41, 5.74) is 0.192. The van der Waals surface area contributed by atoms with Crippen molar-refractivity contribution in [2.45, 2.75) is 18.9 Å². The molecule has 1 aromatic rings. The van der Waals surface area contributed by atoms with Gasteiger partial charge in [0.05, 0.1) is 20.4 Å². The predicted molar refractivity (Wildman–Crippen MR) is 63.0 cm³/mol. The second-order valence-corrected chi connectivity index (χ2v) is 4.13. The molecule has 6 heteroatoms. The van der Waals surface area contributed by atoms with Crippen LogP contribution in [0.15, 0.2) is 6.20 Å².